The summed E-state index contributed by atoms with van der Waals surface area (Å²) in [5.74, 6) is -2.08. The Morgan fingerprint density at radius 2 is 1.79 bits per heavy atom. The van der Waals surface area contributed by atoms with E-state index in [4.69, 9.17) is 16.7 Å². The van der Waals surface area contributed by atoms with E-state index in [0.717, 1.165) is 12.8 Å². The molecule has 0 saturated heterocycles. The predicted octanol–water partition coefficient (Wildman–Crippen LogP) is 2.67. The summed E-state index contributed by atoms with van der Waals surface area (Å²) < 4.78 is 0. The third-order valence-electron chi connectivity index (χ3n) is 4.54. The summed E-state index contributed by atoms with van der Waals surface area (Å²) in [6, 6.07) is 4.99. The van der Waals surface area contributed by atoms with Gasteiger partial charge >= 0.3 is 5.97 Å². The van der Waals surface area contributed by atoms with Gasteiger partial charge in [0.1, 0.15) is 0 Å². The van der Waals surface area contributed by atoms with Gasteiger partial charge in [0.05, 0.1) is 16.5 Å². The molecule has 0 radical (unpaired) electrons. The summed E-state index contributed by atoms with van der Waals surface area (Å²) in [5.41, 5.74) is 0.820. The first-order valence-corrected chi connectivity index (χ1v) is 8.46. The Morgan fingerprint density at radius 1 is 1.08 bits per heavy atom. The van der Waals surface area contributed by atoms with Crippen LogP contribution in [0.3, 0.4) is 0 Å². The second-order valence-electron chi connectivity index (χ2n) is 6.48. The predicted molar refractivity (Wildman–Crippen MR) is 89.0 cm³/mol. The molecule has 2 atom stereocenters. The van der Waals surface area contributed by atoms with Crippen molar-refractivity contribution in [3.05, 3.63) is 28.8 Å². The van der Waals surface area contributed by atoms with Crippen molar-refractivity contribution in [2.45, 2.75) is 38.1 Å². The molecule has 0 spiro atoms. The van der Waals surface area contributed by atoms with Gasteiger partial charge in [-0.05, 0) is 50.3 Å². The summed E-state index contributed by atoms with van der Waals surface area (Å²) in [6.45, 7) is 0. The molecule has 3 N–H and O–H groups in total. The van der Waals surface area contributed by atoms with Crippen molar-refractivity contribution in [2.24, 2.45) is 11.8 Å². The molecule has 2 fully saturated rings. The van der Waals surface area contributed by atoms with Crippen LogP contribution in [0.2, 0.25) is 5.02 Å². The molecule has 24 heavy (non-hydrogen) atoms. The van der Waals surface area contributed by atoms with E-state index < -0.39 is 11.9 Å². The van der Waals surface area contributed by atoms with E-state index in [2.05, 4.69) is 10.6 Å². The zero-order valence-electron chi connectivity index (χ0n) is 13.0. The molecule has 7 heteroatoms. The van der Waals surface area contributed by atoms with E-state index in [1.165, 1.54) is 0 Å². The van der Waals surface area contributed by atoms with Crippen LogP contribution in [0, 0.1) is 11.8 Å². The van der Waals surface area contributed by atoms with Crippen molar-refractivity contribution in [3.63, 3.8) is 0 Å². The number of anilines is 1. The second kappa shape index (κ2) is 6.81. The van der Waals surface area contributed by atoms with Gasteiger partial charge in [0.25, 0.3) is 5.91 Å². The van der Waals surface area contributed by atoms with E-state index >= 15 is 0 Å². The van der Waals surface area contributed by atoms with Crippen molar-refractivity contribution in [1.29, 1.82) is 0 Å². The topological polar surface area (TPSA) is 95.5 Å². The minimum atomic E-state index is -0.851. The fraction of sp³-hybridized carbons (Fsp3) is 0.471. The summed E-state index contributed by atoms with van der Waals surface area (Å²) >= 11 is 6.07. The number of rotatable bonds is 5. The number of aliphatic carboxylic acids is 1. The highest BCUT2D eigenvalue weighted by Crippen LogP contribution is 2.32. The van der Waals surface area contributed by atoms with Crippen LogP contribution in [0.25, 0.3) is 0 Å². The zero-order valence-corrected chi connectivity index (χ0v) is 13.8. The van der Waals surface area contributed by atoms with E-state index in [1.54, 1.807) is 18.2 Å². The third kappa shape index (κ3) is 3.87. The van der Waals surface area contributed by atoms with Crippen molar-refractivity contribution < 1.29 is 19.5 Å². The normalized spacial score (nSPS) is 22.9. The van der Waals surface area contributed by atoms with Crippen molar-refractivity contribution in [2.75, 3.05) is 5.32 Å². The number of carboxylic acids is 1. The molecule has 2 saturated carbocycles. The number of hydrogen-bond acceptors (Lipinski definition) is 3. The van der Waals surface area contributed by atoms with E-state index in [-0.39, 0.29) is 23.8 Å². The molecule has 0 bridgehead atoms. The van der Waals surface area contributed by atoms with Gasteiger partial charge in [-0.25, -0.2) is 0 Å². The molecule has 0 aromatic heterocycles. The number of carbonyl (C=O) groups excluding carboxylic acids is 2. The van der Waals surface area contributed by atoms with E-state index in [0.29, 0.717) is 35.5 Å². The number of benzene rings is 1. The number of halogens is 1. The number of carboxylic acid groups (broad SMARTS) is 1. The molecule has 1 aromatic rings. The highest BCUT2D eigenvalue weighted by Gasteiger charge is 2.34. The van der Waals surface area contributed by atoms with Gasteiger partial charge in [0, 0.05) is 17.6 Å². The molecule has 6 nitrogen and oxygen atoms in total. The first-order valence-electron chi connectivity index (χ1n) is 8.08. The van der Waals surface area contributed by atoms with Crippen LogP contribution >= 0.6 is 11.6 Å². The van der Waals surface area contributed by atoms with Gasteiger partial charge in [-0.15, -0.1) is 0 Å². The third-order valence-corrected chi connectivity index (χ3v) is 4.87. The fourth-order valence-electron chi connectivity index (χ4n) is 2.96. The second-order valence-corrected chi connectivity index (χ2v) is 6.88. The van der Waals surface area contributed by atoms with Crippen molar-refractivity contribution >= 4 is 35.1 Å². The molecule has 0 unspecified atom stereocenters. The Morgan fingerprint density at radius 3 is 2.42 bits per heavy atom. The van der Waals surface area contributed by atoms with Crippen molar-refractivity contribution in [1.82, 2.24) is 5.32 Å². The minimum Gasteiger partial charge on any atom is -0.481 e. The van der Waals surface area contributed by atoms with Gasteiger partial charge in [-0.3, -0.25) is 14.4 Å². The highest BCUT2D eigenvalue weighted by molar-refractivity contribution is 6.34. The zero-order chi connectivity index (χ0) is 17.3. The standard InChI is InChI=1S/C17H19ClN2O4/c18-14-6-5-12(8-13(14)16(22)19-11-3-4-11)20-15(21)9-1-2-10(7-9)17(23)24/h5-6,8-11H,1-4,7H2,(H,19,22)(H,20,21)(H,23,24)/t9-,10+/m0/s1. The van der Waals surface area contributed by atoms with E-state index in [9.17, 15) is 14.4 Å². The Balaban J connectivity index is 1.65. The number of amides is 2. The van der Waals surface area contributed by atoms with Gasteiger partial charge in [-0.1, -0.05) is 11.6 Å². The van der Waals surface area contributed by atoms with Gasteiger partial charge in [0.15, 0.2) is 0 Å². The molecule has 1 aromatic carbocycles. The average molecular weight is 351 g/mol. The lowest BCUT2D eigenvalue weighted by molar-refractivity contribution is -0.141. The Kier molecular flexibility index (Phi) is 4.76. The minimum absolute atomic E-state index is 0.213. The first kappa shape index (κ1) is 16.8. The van der Waals surface area contributed by atoms with Crippen molar-refractivity contribution in [3.8, 4) is 0 Å². The summed E-state index contributed by atoms with van der Waals surface area (Å²) in [7, 11) is 0. The van der Waals surface area contributed by atoms with Gasteiger partial charge < -0.3 is 15.7 Å². The fourth-order valence-corrected chi connectivity index (χ4v) is 3.16. The summed E-state index contributed by atoms with van der Waals surface area (Å²) in [6.07, 6.45) is 3.39. The van der Waals surface area contributed by atoms with Crippen LogP contribution in [0.4, 0.5) is 5.69 Å². The first-order chi connectivity index (χ1) is 11.4. The van der Waals surface area contributed by atoms with Gasteiger partial charge in [-0.2, -0.15) is 0 Å². The van der Waals surface area contributed by atoms with E-state index in [1.807, 2.05) is 0 Å². The molecular weight excluding hydrogens is 332 g/mol. The molecule has 0 heterocycles. The molecule has 3 rings (SSSR count). The maximum absolute atomic E-state index is 12.3. The molecule has 2 aliphatic carbocycles. The van der Waals surface area contributed by atoms with Crippen LogP contribution in [-0.2, 0) is 9.59 Å². The van der Waals surface area contributed by atoms with Crippen LogP contribution < -0.4 is 10.6 Å². The Bertz CT molecular complexity index is 687. The van der Waals surface area contributed by atoms with Crippen LogP contribution in [0.5, 0.6) is 0 Å². The number of carbonyl (C=O) groups is 3. The summed E-state index contributed by atoms with van der Waals surface area (Å²) in [4.78, 5) is 35.4. The lowest BCUT2D eigenvalue weighted by Gasteiger charge is -2.13. The number of hydrogen-bond donors (Lipinski definition) is 3. The molecular formula is C17H19ClN2O4. The van der Waals surface area contributed by atoms with Crippen LogP contribution in [0.1, 0.15) is 42.5 Å². The smallest absolute Gasteiger partial charge is 0.306 e. The lowest BCUT2D eigenvalue weighted by atomic mass is 10.0. The largest absolute Gasteiger partial charge is 0.481 e. The molecule has 0 aliphatic heterocycles. The molecule has 2 aliphatic rings. The lowest BCUT2D eigenvalue weighted by Crippen LogP contribution is -2.26. The maximum atomic E-state index is 12.3. The Hall–Kier alpha value is -2.08. The summed E-state index contributed by atoms with van der Waals surface area (Å²) in [5, 5.41) is 15.0. The molecule has 2 amide bonds. The SMILES string of the molecule is O=C(NC1CC1)c1cc(NC(=O)[C@H]2CC[C@@H](C(=O)O)C2)ccc1Cl. The quantitative estimate of drug-likeness (QED) is 0.760. The van der Waals surface area contributed by atoms with Gasteiger partial charge in [0.2, 0.25) is 5.91 Å². The van der Waals surface area contributed by atoms with Crippen LogP contribution in [-0.4, -0.2) is 28.9 Å². The monoisotopic (exact) mass is 350 g/mol. The highest BCUT2D eigenvalue weighted by atomic mass is 35.5. The van der Waals surface area contributed by atoms with Crippen LogP contribution in [0.15, 0.2) is 18.2 Å². The average Bonchev–Trinajstić information content (AvgIpc) is 3.20. The maximum Gasteiger partial charge on any atom is 0.306 e. The Labute approximate surface area is 144 Å². The number of nitrogens with one attached hydrogen (secondary N) is 2. The molecule has 128 valence electrons.